The lowest BCUT2D eigenvalue weighted by Gasteiger charge is -2.37. The van der Waals surface area contributed by atoms with Gasteiger partial charge in [-0.25, -0.2) is 0 Å². The van der Waals surface area contributed by atoms with Crippen molar-refractivity contribution < 1.29 is 29.0 Å². The molecule has 2 N–H and O–H groups in total. The third-order valence-corrected chi connectivity index (χ3v) is 8.00. The van der Waals surface area contributed by atoms with E-state index in [9.17, 15) is 19.5 Å². The molecule has 0 saturated carbocycles. The molecule has 2 bridgehead atoms. The fourth-order valence-electron chi connectivity index (χ4n) is 6.54. The second-order valence-electron chi connectivity index (χ2n) is 11.0. The van der Waals surface area contributed by atoms with Crippen LogP contribution in [0, 0.1) is 31.6 Å². The van der Waals surface area contributed by atoms with Crippen molar-refractivity contribution in [1.82, 2.24) is 4.90 Å². The van der Waals surface area contributed by atoms with E-state index in [1.54, 1.807) is 6.92 Å². The van der Waals surface area contributed by atoms with E-state index in [2.05, 4.69) is 5.32 Å². The standard InChI is InChI=1S/C27H38N2O6/c1-7-34-25(33)21-20-24(32)29(18(14-30)12-15(2)3)22(27(20)11-10-26(21,6)35-27)23(31)28-19-13-16(4)8-9-17(19)5/h8-9,13,15,18,20-22,30H,7,10-12,14H2,1-6H3,(H,28,31)/t18-,20+,21+,22?,26-,27?/m1/s1. The number of amides is 2. The van der Waals surface area contributed by atoms with E-state index < -0.39 is 41.1 Å². The molecule has 0 radical (unpaired) electrons. The van der Waals surface area contributed by atoms with Crippen LogP contribution in [0.2, 0.25) is 0 Å². The molecular weight excluding hydrogens is 448 g/mol. The van der Waals surface area contributed by atoms with Crippen molar-refractivity contribution >= 4 is 23.5 Å². The summed E-state index contributed by atoms with van der Waals surface area (Å²) < 4.78 is 11.9. The molecule has 1 aromatic carbocycles. The average Bonchev–Trinajstić information content (AvgIpc) is 3.35. The molecule has 3 heterocycles. The third-order valence-electron chi connectivity index (χ3n) is 8.00. The number of aryl methyl sites for hydroxylation is 2. The van der Waals surface area contributed by atoms with Crippen LogP contribution in [-0.2, 0) is 23.9 Å². The summed E-state index contributed by atoms with van der Waals surface area (Å²) in [7, 11) is 0. The van der Waals surface area contributed by atoms with Gasteiger partial charge in [-0.3, -0.25) is 14.4 Å². The Morgan fingerprint density at radius 3 is 2.63 bits per heavy atom. The maximum absolute atomic E-state index is 14.1. The van der Waals surface area contributed by atoms with Crippen molar-refractivity contribution in [2.45, 2.75) is 84.1 Å². The van der Waals surface area contributed by atoms with Gasteiger partial charge in [-0.15, -0.1) is 0 Å². The van der Waals surface area contributed by atoms with Crippen LogP contribution in [0.25, 0.3) is 0 Å². The second kappa shape index (κ2) is 9.21. The summed E-state index contributed by atoms with van der Waals surface area (Å²) in [6.45, 7) is 11.4. The summed E-state index contributed by atoms with van der Waals surface area (Å²) in [4.78, 5) is 42.6. The highest BCUT2D eigenvalue weighted by atomic mass is 16.6. The number of hydrogen-bond acceptors (Lipinski definition) is 6. The van der Waals surface area contributed by atoms with Crippen molar-refractivity contribution in [3.8, 4) is 0 Å². The average molecular weight is 487 g/mol. The number of likely N-dealkylation sites (tertiary alicyclic amines) is 1. The van der Waals surface area contributed by atoms with Gasteiger partial charge >= 0.3 is 5.97 Å². The smallest absolute Gasteiger partial charge is 0.312 e. The van der Waals surface area contributed by atoms with E-state index in [1.165, 1.54) is 4.90 Å². The molecule has 6 atom stereocenters. The predicted molar refractivity (Wildman–Crippen MR) is 131 cm³/mol. The van der Waals surface area contributed by atoms with Crippen molar-refractivity contribution in [3.63, 3.8) is 0 Å². The Balaban J connectivity index is 1.79. The highest BCUT2D eigenvalue weighted by Crippen LogP contribution is 2.63. The van der Waals surface area contributed by atoms with Gasteiger partial charge in [-0.2, -0.15) is 0 Å². The van der Waals surface area contributed by atoms with Crippen LogP contribution >= 0.6 is 0 Å². The number of carbonyl (C=O) groups excluding carboxylic acids is 3. The molecule has 192 valence electrons. The molecule has 3 saturated heterocycles. The summed E-state index contributed by atoms with van der Waals surface area (Å²) in [6, 6.07) is 4.29. The first kappa shape index (κ1) is 25.6. The monoisotopic (exact) mass is 486 g/mol. The zero-order valence-corrected chi connectivity index (χ0v) is 21.6. The fraction of sp³-hybridized carbons (Fsp3) is 0.667. The topological polar surface area (TPSA) is 105 Å². The van der Waals surface area contributed by atoms with Crippen LogP contribution in [-0.4, -0.2) is 64.3 Å². The van der Waals surface area contributed by atoms with Gasteiger partial charge in [-0.1, -0.05) is 26.0 Å². The number of fused-ring (bicyclic) bond motifs is 1. The van der Waals surface area contributed by atoms with Crippen molar-refractivity contribution in [3.05, 3.63) is 29.3 Å². The van der Waals surface area contributed by atoms with Crippen LogP contribution < -0.4 is 5.32 Å². The molecule has 3 aliphatic rings. The number of rotatable bonds is 8. The fourth-order valence-corrected chi connectivity index (χ4v) is 6.54. The van der Waals surface area contributed by atoms with E-state index in [0.717, 1.165) is 11.1 Å². The number of carbonyl (C=O) groups is 3. The van der Waals surface area contributed by atoms with E-state index in [4.69, 9.17) is 9.47 Å². The molecule has 3 fully saturated rings. The number of nitrogens with zero attached hydrogens (tertiary/aromatic N) is 1. The Morgan fingerprint density at radius 2 is 2.00 bits per heavy atom. The van der Waals surface area contributed by atoms with Gasteiger partial charge < -0.3 is 24.8 Å². The molecular formula is C27H38N2O6. The summed E-state index contributed by atoms with van der Waals surface area (Å²) in [5, 5.41) is 13.3. The molecule has 0 aliphatic carbocycles. The summed E-state index contributed by atoms with van der Waals surface area (Å²) in [5.41, 5.74) is 0.566. The number of anilines is 1. The number of aliphatic hydroxyl groups is 1. The third kappa shape index (κ3) is 4.04. The van der Waals surface area contributed by atoms with Crippen LogP contribution in [0.3, 0.4) is 0 Å². The minimum absolute atomic E-state index is 0.191. The zero-order valence-electron chi connectivity index (χ0n) is 21.6. The number of hydrogen-bond donors (Lipinski definition) is 2. The predicted octanol–water partition coefficient (Wildman–Crippen LogP) is 2.98. The molecule has 35 heavy (non-hydrogen) atoms. The first-order valence-electron chi connectivity index (χ1n) is 12.7. The molecule has 8 nitrogen and oxygen atoms in total. The number of ether oxygens (including phenoxy) is 2. The quantitative estimate of drug-likeness (QED) is 0.548. The number of aliphatic hydroxyl groups excluding tert-OH is 1. The molecule has 3 aliphatic heterocycles. The minimum atomic E-state index is -1.14. The maximum Gasteiger partial charge on any atom is 0.312 e. The number of nitrogens with one attached hydrogen (secondary N) is 1. The van der Waals surface area contributed by atoms with Crippen LogP contribution in [0.15, 0.2) is 18.2 Å². The zero-order chi connectivity index (χ0) is 25.7. The highest BCUT2D eigenvalue weighted by molar-refractivity contribution is 6.03. The highest BCUT2D eigenvalue weighted by Gasteiger charge is 2.78. The first-order chi connectivity index (χ1) is 16.5. The van der Waals surface area contributed by atoms with Gasteiger partial charge in [0, 0.05) is 5.69 Å². The number of benzene rings is 1. The lowest BCUT2D eigenvalue weighted by molar-refractivity contribution is -0.160. The molecule has 4 rings (SSSR count). The Labute approximate surface area is 207 Å². The molecule has 1 spiro atoms. The summed E-state index contributed by atoms with van der Waals surface area (Å²) in [6.07, 6.45) is 1.56. The van der Waals surface area contributed by atoms with Gasteiger partial charge in [0.2, 0.25) is 11.8 Å². The van der Waals surface area contributed by atoms with Gasteiger partial charge in [0.15, 0.2) is 0 Å². The van der Waals surface area contributed by atoms with E-state index in [-0.39, 0.29) is 30.9 Å². The van der Waals surface area contributed by atoms with Crippen LogP contribution in [0.5, 0.6) is 0 Å². The SMILES string of the molecule is CCOC(=O)[C@@H]1[C@H]2C(=O)N([C@@H](CO)CC(C)C)C(C(=O)Nc3cc(C)ccc3C)C23CC[C@@]1(C)O3. The summed E-state index contributed by atoms with van der Waals surface area (Å²) in [5.74, 6) is -2.55. The first-order valence-corrected chi connectivity index (χ1v) is 12.7. The second-order valence-corrected chi connectivity index (χ2v) is 11.0. The Morgan fingerprint density at radius 1 is 1.29 bits per heavy atom. The normalized spacial score (nSPS) is 32.2. The molecule has 2 unspecified atom stereocenters. The lowest BCUT2D eigenvalue weighted by atomic mass is 9.66. The number of esters is 1. The van der Waals surface area contributed by atoms with E-state index in [0.29, 0.717) is 24.9 Å². The Bertz CT molecular complexity index is 1020. The maximum atomic E-state index is 14.1. The Hall–Kier alpha value is -2.45. The Kier molecular flexibility index (Phi) is 6.74. The lowest BCUT2D eigenvalue weighted by Crippen LogP contribution is -2.56. The van der Waals surface area contributed by atoms with Crippen molar-refractivity contribution in [2.24, 2.45) is 17.8 Å². The van der Waals surface area contributed by atoms with Crippen LogP contribution in [0.4, 0.5) is 5.69 Å². The minimum Gasteiger partial charge on any atom is -0.466 e. The van der Waals surface area contributed by atoms with E-state index >= 15 is 0 Å². The van der Waals surface area contributed by atoms with Gasteiger partial charge in [0.05, 0.1) is 30.8 Å². The molecule has 2 amide bonds. The van der Waals surface area contributed by atoms with Crippen molar-refractivity contribution in [2.75, 3.05) is 18.5 Å². The largest absolute Gasteiger partial charge is 0.466 e. The van der Waals surface area contributed by atoms with Gasteiger partial charge in [0.1, 0.15) is 17.6 Å². The molecule has 1 aromatic rings. The van der Waals surface area contributed by atoms with Crippen molar-refractivity contribution in [1.29, 1.82) is 0 Å². The summed E-state index contributed by atoms with van der Waals surface area (Å²) >= 11 is 0. The van der Waals surface area contributed by atoms with Gasteiger partial charge in [-0.05, 0) is 70.1 Å². The molecule has 8 heteroatoms. The van der Waals surface area contributed by atoms with E-state index in [1.807, 2.05) is 52.8 Å². The molecule has 0 aromatic heterocycles. The van der Waals surface area contributed by atoms with Gasteiger partial charge in [0.25, 0.3) is 0 Å². The van der Waals surface area contributed by atoms with Crippen LogP contribution in [0.1, 0.15) is 58.1 Å².